The molecule has 9 heteroatoms. The number of benzene rings is 2. The van der Waals surface area contributed by atoms with Gasteiger partial charge in [0.15, 0.2) is 5.13 Å². The molecule has 3 aromatic rings. The third kappa shape index (κ3) is 5.68. The number of thiazole rings is 1. The lowest BCUT2D eigenvalue weighted by atomic mass is 9.98. The fourth-order valence-corrected chi connectivity index (χ4v) is 5.00. The Hall–Kier alpha value is -3.72. The summed E-state index contributed by atoms with van der Waals surface area (Å²) >= 11 is 1.25. The quantitative estimate of drug-likeness (QED) is 0.399. The van der Waals surface area contributed by atoms with Crippen molar-refractivity contribution in [3.63, 3.8) is 0 Å². The number of carboxylic acids is 1. The first-order valence-electron chi connectivity index (χ1n) is 11.4. The Kier molecular flexibility index (Phi) is 7.45. The van der Waals surface area contributed by atoms with Gasteiger partial charge in [0, 0.05) is 23.4 Å². The number of aliphatic carboxylic acids is 1. The van der Waals surface area contributed by atoms with E-state index in [4.69, 9.17) is 4.74 Å². The normalized spacial score (nSPS) is 13.1. The Morgan fingerprint density at radius 3 is 2.29 bits per heavy atom. The van der Waals surface area contributed by atoms with Crippen LogP contribution in [0.2, 0.25) is 0 Å². The summed E-state index contributed by atoms with van der Waals surface area (Å²) in [7, 11) is 0. The molecule has 0 saturated carbocycles. The topological polar surface area (TPSA) is 118 Å². The van der Waals surface area contributed by atoms with Crippen LogP contribution >= 0.6 is 11.3 Å². The summed E-state index contributed by atoms with van der Waals surface area (Å²) in [5, 5.41) is 14.8. The summed E-state index contributed by atoms with van der Waals surface area (Å²) in [6.07, 6.45) is 1.52. The van der Waals surface area contributed by atoms with E-state index in [1.807, 2.05) is 24.3 Å². The number of aromatic nitrogens is 1. The molecule has 35 heavy (non-hydrogen) atoms. The van der Waals surface area contributed by atoms with Crippen LogP contribution < -0.4 is 10.6 Å². The van der Waals surface area contributed by atoms with Gasteiger partial charge in [-0.05, 0) is 34.6 Å². The highest BCUT2D eigenvalue weighted by atomic mass is 32.1. The molecule has 0 fully saturated rings. The predicted octanol–water partition coefficient (Wildman–Crippen LogP) is 4.66. The van der Waals surface area contributed by atoms with Gasteiger partial charge >= 0.3 is 12.1 Å². The van der Waals surface area contributed by atoms with Crippen molar-refractivity contribution in [2.24, 2.45) is 5.92 Å². The number of hydrogen-bond donors (Lipinski definition) is 3. The fraction of sp³-hybridized carbons (Fsp3) is 0.308. The molecule has 182 valence electrons. The van der Waals surface area contributed by atoms with Gasteiger partial charge in [0.1, 0.15) is 12.6 Å². The summed E-state index contributed by atoms with van der Waals surface area (Å²) in [5.74, 6) is -1.64. The van der Waals surface area contributed by atoms with E-state index in [2.05, 4.69) is 39.9 Å². The van der Waals surface area contributed by atoms with Crippen molar-refractivity contribution in [3.8, 4) is 11.1 Å². The van der Waals surface area contributed by atoms with Crippen LogP contribution in [0, 0.1) is 5.92 Å². The van der Waals surface area contributed by atoms with Gasteiger partial charge in [-0.1, -0.05) is 62.4 Å². The van der Waals surface area contributed by atoms with Crippen LogP contribution in [-0.4, -0.2) is 40.7 Å². The number of aryl methyl sites for hydroxylation is 1. The number of carbonyl (C=O) groups is 3. The monoisotopic (exact) mass is 493 g/mol. The maximum atomic E-state index is 12.4. The average molecular weight is 494 g/mol. The standard InChI is InChI=1S/C26H27N3O5S/c1-15(2)23(24(31)32)28-22(30)12-11-16-13-27-25(35-16)29-26(33)34-14-21-19-9-5-3-7-17(19)18-8-4-6-10-20(18)21/h3-10,13,15,21,23H,11-12,14H2,1-2H3,(H,28,30)(H,31,32)(H,27,29,33). The van der Waals surface area contributed by atoms with E-state index in [1.165, 1.54) is 11.3 Å². The van der Waals surface area contributed by atoms with Gasteiger partial charge in [-0.3, -0.25) is 10.1 Å². The minimum atomic E-state index is -1.05. The summed E-state index contributed by atoms with van der Waals surface area (Å²) in [4.78, 5) is 40.8. The zero-order chi connectivity index (χ0) is 24.9. The largest absolute Gasteiger partial charge is 0.480 e. The van der Waals surface area contributed by atoms with Gasteiger partial charge in [-0.25, -0.2) is 14.6 Å². The first-order chi connectivity index (χ1) is 16.8. The first kappa shape index (κ1) is 24.4. The van der Waals surface area contributed by atoms with E-state index >= 15 is 0 Å². The maximum Gasteiger partial charge on any atom is 0.413 e. The van der Waals surface area contributed by atoms with Gasteiger partial charge in [0.25, 0.3) is 0 Å². The Bertz CT molecular complexity index is 1190. The Balaban J connectivity index is 1.28. The highest BCUT2D eigenvalue weighted by molar-refractivity contribution is 7.15. The zero-order valence-corrected chi connectivity index (χ0v) is 20.3. The van der Waals surface area contributed by atoms with Crippen LogP contribution in [0.1, 0.15) is 42.2 Å². The summed E-state index contributed by atoms with van der Waals surface area (Å²) in [6.45, 7) is 3.69. The lowest BCUT2D eigenvalue weighted by Gasteiger charge is -2.17. The molecule has 2 amide bonds. The number of anilines is 1. The lowest BCUT2D eigenvalue weighted by Crippen LogP contribution is -2.44. The molecule has 3 N–H and O–H groups in total. The van der Waals surface area contributed by atoms with E-state index in [1.54, 1.807) is 20.0 Å². The van der Waals surface area contributed by atoms with E-state index < -0.39 is 18.1 Å². The van der Waals surface area contributed by atoms with Gasteiger partial charge in [-0.15, -0.1) is 11.3 Å². The van der Waals surface area contributed by atoms with Crippen LogP contribution in [0.5, 0.6) is 0 Å². The van der Waals surface area contributed by atoms with Crippen molar-refractivity contribution in [2.75, 3.05) is 11.9 Å². The molecule has 8 nitrogen and oxygen atoms in total. The van der Waals surface area contributed by atoms with Gasteiger partial charge in [0.2, 0.25) is 5.91 Å². The summed E-state index contributed by atoms with van der Waals surface area (Å²) in [5.41, 5.74) is 4.60. The molecule has 1 aliphatic rings. The highest BCUT2D eigenvalue weighted by Crippen LogP contribution is 2.44. The number of nitrogens with one attached hydrogen (secondary N) is 2. The molecule has 0 bridgehead atoms. The Morgan fingerprint density at radius 2 is 1.69 bits per heavy atom. The molecular formula is C26H27N3O5S. The molecule has 1 atom stereocenters. The molecule has 1 aromatic heterocycles. The molecule has 1 unspecified atom stereocenters. The van der Waals surface area contributed by atoms with Gasteiger partial charge < -0.3 is 15.2 Å². The first-order valence-corrected chi connectivity index (χ1v) is 12.2. The third-order valence-corrected chi connectivity index (χ3v) is 6.93. The molecule has 0 aliphatic heterocycles. The third-order valence-electron chi connectivity index (χ3n) is 5.95. The number of hydrogen-bond acceptors (Lipinski definition) is 6. The van der Waals surface area contributed by atoms with Crippen LogP contribution in [0.25, 0.3) is 11.1 Å². The number of rotatable bonds is 9. The SMILES string of the molecule is CC(C)C(NC(=O)CCc1cnc(NC(=O)OCC2c3ccccc3-c3ccccc32)s1)C(=O)O. The average Bonchev–Trinajstić information content (AvgIpc) is 3.41. The zero-order valence-electron chi connectivity index (χ0n) is 19.5. The van der Waals surface area contributed by atoms with Gasteiger partial charge in [0.05, 0.1) is 0 Å². The van der Waals surface area contributed by atoms with E-state index in [0.29, 0.717) is 11.6 Å². The summed E-state index contributed by atoms with van der Waals surface area (Å²) < 4.78 is 5.54. The van der Waals surface area contributed by atoms with Crippen molar-refractivity contribution in [1.29, 1.82) is 0 Å². The molecule has 0 spiro atoms. The van der Waals surface area contributed by atoms with Crippen molar-refractivity contribution in [3.05, 3.63) is 70.7 Å². The number of ether oxygens (including phenoxy) is 1. The van der Waals surface area contributed by atoms with Crippen molar-refractivity contribution in [2.45, 2.75) is 38.6 Å². The van der Waals surface area contributed by atoms with Crippen LogP contribution in [0.4, 0.5) is 9.93 Å². The molecule has 1 heterocycles. The molecule has 4 rings (SSSR count). The second-order valence-electron chi connectivity index (χ2n) is 8.71. The van der Waals surface area contributed by atoms with Gasteiger partial charge in [-0.2, -0.15) is 0 Å². The number of amides is 2. The minimum Gasteiger partial charge on any atom is -0.480 e. The van der Waals surface area contributed by atoms with Crippen LogP contribution in [-0.2, 0) is 20.7 Å². The Labute approximate surface area is 207 Å². The number of nitrogens with zero attached hydrogens (tertiary/aromatic N) is 1. The van der Waals surface area contributed by atoms with Crippen LogP contribution in [0.15, 0.2) is 54.7 Å². The Morgan fingerprint density at radius 1 is 1.06 bits per heavy atom. The van der Waals surface area contributed by atoms with Crippen molar-refractivity contribution in [1.82, 2.24) is 10.3 Å². The van der Waals surface area contributed by atoms with Crippen LogP contribution in [0.3, 0.4) is 0 Å². The van der Waals surface area contributed by atoms with E-state index in [-0.39, 0.29) is 30.8 Å². The molecule has 0 radical (unpaired) electrons. The predicted molar refractivity (Wildman–Crippen MR) is 134 cm³/mol. The minimum absolute atomic E-state index is 0.0287. The smallest absolute Gasteiger partial charge is 0.413 e. The van der Waals surface area contributed by atoms with E-state index in [0.717, 1.165) is 27.1 Å². The molecule has 2 aromatic carbocycles. The number of carboxylic acid groups (broad SMARTS) is 1. The number of carbonyl (C=O) groups excluding carboxylic acids is 2. The van der Waals surface area contributed by atoms with E-state index in [9.17, 15) is 19.5 Å². The maximum absolute atomic E-state index is 12.4. The fourth-order valence-electron chi connectivity index (χ4n) is 4.20. The second-order valence-corrected chi connectivity index (χ2v) is 9.82. The molecule has 0 saturated heterocycles. The summed E-state index contributed by atoms with van der Waals surface area (Å²) in [6, 6.07) is 15.3. The van der Waals surface area contributed by atoms with Crippen molar-refractivity contribution >= 4 is 34.4 Å². The van der Waals surface area contributed by atoms with Crippen molar-refractivity contribution < 1.29 is 24.2 Å². The molecule has 1 aliphatic carbocycles. The second kappa shape index (κ2) is 10.7. The molecular weight excluding hydrogens is 466 g/mol. The lowest BCUT2D eigenvalue weighted by molar-refractivity contribution is -0.143. The highest BCUT2D eigenvalue weighted by Gasteiger charge is 2.29. The number of fused-ring (bicyclic) bond motifs is 3.